The first-order valence-corrected chi connectivity index (χ1v) is 7.99. The number of fused-ring (bicyclic) bond motifs is 1. The summed E-state index contributed by atoms with van der Waals surface area (Å²) in [5.74, 6) is 1.92. The van der Waals surface area contributed by atoms with Crippen molar-refractivity contribution in [2.75, 3.05) is 32.1 Å². The zero-order valence-electron chi connectivity index (χ0n) is 12.1. The van der Waals surface area contributed by atoms with Crippen LogP contribution in [0, 0.1) is 5.92 Å². The Kier molecular flexibility index (Phi) is 3.98. The summed E-state index contributed by atoms with van der Waals surface area (Å²) in [4.78, 5) is 6.89. The number of imidazole rings is 1. The van der Waals surface area contributed by atoms with Gasteiger partial charge in [0.25, 0.3) is 0 Å². The number of anilines is 1. The highest BCUT2D eigenvalue weighted by Crippen LogP contribution is 2.29. The van der Waals surface area contributed by atoms with Crippen molar-refractivity contribution in [3.63, 3.8) is 0 Å². The summed E-state index contributed by atoms with van der Waals surface area (Å²) in [6.07, 6.45) is 5.68. The molecule has 4 nitrogen and oxygen atoms in total. The average molecular weight is 337 g/mol. The minimum absolute atomic E-state index is 0.747. The molecule has 108 valence electrons. The van der Waals surface area contributed by atoms with E-state index in [1.165, 1.54) is 29.9 Å². The number of nitrogens with zero attached hydrogens (tertiary/aromatic N) is 3. The summed E-state index contributed by atoms with van der Waals surface area (Å²) in [5, 5.41) is 3.42. The number of pyridine rings is 1. The molecule has 1 aliphatic heterocycles. The van der Waals surface area contributed by atoms with E-state index >= 15 is 0 Å². The van der Waals surface area contributed by atoms with Gasteiger partial charge in [0.15, 0.2) is 0 Å². The first kappa shape index (κ1) is 13.9. The largest absolute Gasteiger partial charge is 0.376 e. The fraction of sp³-hybridized carbons (Fsp3) is 0.533. The van der Waals surface area contributed by atoms with Gasteiger partial charge in [0.1, 0.15) is 15.9 Å². The van der Waals surface area contributed by atoms with E-state index in [0.717, 1.165) is 30.0 Å². The predicted octanol–water partition coefficient (Wildman–Crippen LogP) is 2.70. The Morgan fingerprint density at radius 2 is 2.15 bits per heavy atom. The van der Waals surface area contributed by atoms with Gasteiger partial charge < -0.3 is 14.6 Å². The van der Waals surface area contributed by atoms with Crippen LogP contribution in [0.3, 0.4) is 0 Å². The summed E-state index contributed by atoms with van der Waals surface area (Å²) < 4.78 is 3.19. The molecule has 2 aromatic rings. The highest BCUT2D eigenvalue weighted by atomic mass is 79.9. The van der Waals surface area contributed by atoms with Gasteiger partial charge in [0, 0.05) is 26.7 Å². The van der Waals surface area contributed by atoms with Crippen LogP contribution in [0.1, 0.15) is 18.7 Å². The summed E-state index contributed by atoms with van der Waals surface area (Å²) in [6, 6.07) is 4.23. The third kappa shape index (κ3) is 2.56. The maximum absolute atomic E-state index is 4.76. The van der Waals surface area contributed by atoms with Crippen LogP contribution in [-0.2, 0) is 6.42 Å². The SMILES string of the molecule is CN(C)c1cccn2c(CC3CCNCC3)nc(Br)c12. The monoisotopic (exact) mass is 336 g/mol. The van der Waals surface area contributed by atoms with Gasteiger partial charge >= 0.3 is 0 Å². The lowest BCUT2D eigenvalue weighted by atomic mass is 9.94. The molecule has 0 unspecified atom stereocenters. The third-order valence-corrected chi connectivity index (χ3v) is 4.64. The quantitative estimate of drug-likeness (QED) is 0.935. The van der Waals surface area contributed by atoms with E-state index < -0.39 is 0 Å². The van der Waals surface area contributed by atoms with E-state index in [1.807, 2.05) is 0 Å². The van der Waals surface area contributed by atoms with Crippen molar-refractivity contribution in [1.29, 1.82) is 0 Å². The van der Waals surface area contributed by atoms with Gasteiger partial charge in [0.2, 0.25) is 0 Å². The lowest BCUT2D eigenvalue weighted by molar-refractivity contribution is 0.367. The molecule has 5 heteroatoms. The lowest BCUT2D eigenvalue weighted by Gasteiger charge is -2.22. The molecule has 0 amide bonds. The molecule has 3 rings (SSSR count). The maximum Gasteiger partial charge on any atom is 0.134 e. The minimum atomic E-state index is 0.747. The van der Waals surface area contributed by atoms with Crippen LogP contribution in [0.4, 0.5) is 5.69 Å². The van der Waals surface area contributed by atoms with Gasteiger partial charge in [-0.25, -0.2) is 4.98 Å². The summed E-state index contributed by atoms with van der Waals surface area (Å²) in [7, 11) is 4.14. The topological polar surface area (TPSA) is 32.6 Å². The second-order valence-corrected chi connectivity index (χ2v) is 6.47. The number of rotatable bonds is 3. The van der Waals surface area contributed by atoms with Crippen molar-refractivity contribution in [2.24, 2.45) is 5.92 Å². The number of nitrogens with one attached hydrogen (secondary N) is 1. The molecule has 0 spiro atoms. The Bertz CT molecular complexity index is 599. The number of hydrogen-bond donors (Lipinski definition) is 1. The molecular formula is C15H21BrN4. The standard InChI is InChI=1S/C15H21BrN4/c1-19(2)12-4-3-9-20-13(18-15(16)14(12)20)10-11-5-7-17-8-6-11/h3-4,9,11,17H,5-8,10H2,1-2H3. The van der Waals surface area contributed by atoms with Gasteiger partial charge in [-0.15, -0.1) is 0 Å². The lowest BCUT2D eigenvalue weighted by Crippen LogP contribution is -2.29. The molecule has 1 fully saturated rings. The molecule has 1 aliphatic rings. The highest BCUT2D eigenvalue weighted by molar-refractivity contribution is 9.10. The van der Waals surface area contributed by atoms with Crippen molar-refractivity contribution >= 4 is 27.1 Å². The zero-order valence-corrected chi connectivity index (χ0v) is 13.7. The molecule has 2 aromatic heterocycles. The Morgan fingerprint density at radius 1 is 1.40 bits per heavy atom. The third-order valence-electron chi connectivity index (χ3n) is 4.09. The highest BCUT2D eigenvalue weighted by Gasteiger charge is 2.19. The number of piperidine rings is 1. The maximum atomic E-state index is 4.76. The van der Waals surface area contributed by atoms with Crippen LogP contribution < -0.4 is 10.2 Å². The first-order valence-electron chi connectivity index (χ1n) is 7.20. The van der Waals surface area contributed by atoms with Gasteiger partial charge in [-0.05, 0) is 59.9 Å². The van der Waals surface area contributed by atoms with E-state index in [-0.39, 0.29) is 0 Å². The van der Waals surface area contributed by atoms with Crippen LogP contribution in [0.5, 0.6) is 0 Å². The van der Waals surface area contributed by atoms with E-state index in [0.29, 0.717) is 0 Å². The van der Waals surface area contributed by atoms with Gasteiger partial charge in [0.05, 0.1) is 5.69 Å². The second-order valence-electron chi connectivity index (χ2n) is 5.72. The first-order chi connectivity index (χ1) is 9.66. The number of aromatic nitrogens is 2. The molecule has 0 radical (unpaired) electrons. The van der Waals surface area contributed by atoms with E-state index in [9.17, 15) is 0 Å². The van der Waals surface area contributed by atoms with Crippen molar-refractivity contribution < 1.29 is 0 Å². The second kappa shape index (κ2) is 5.74. The van der Waals surface area contributed by atoms with Crippen LogP contribution in [0.25, 0.3) is 5.52 Å². The molecule has 20 heavy (non-hydrogen) atoms. The van der Waals surface area contributed by atoms with E-state index in [4.69, 9.17) is 4.98 Å². The Morgan fingerprint density at radius 3 is 2.85 bits per heavy atom. The average Bonchev–Trinajstić information content (AvgIpc) is 2.77. The summed E-state index contributed by atoms with van der Waals surface area (Å²) in [5.41, 5.74) is 2.37. The smallest absolute Gasteiger partial charge is 0.134 e. The van der Waals surface area contributed by atoms with Crippen molar-refractivity contribution in [2.45, 2.75) is 19.3 Å². The van der Waals surface area contributed by atoms with Gasteiger partial charge in [-0.2, -0.15) is 0 Å². The van der Waals surface area contributed by atoms with Crippen LogP contribution in [-0.4, -0.2) is 36.6 Å². The normalized spacial score (nSPS) is 16.8. The van der Waals surface area contributed by atoms with Crippen LogP contribution in [0.2, 0.25) is 0 Å². The van der Waals surface area contributed by atoms with Gasteiger partial charge in [-0.3, -0.25) is 0 Å². The fourth-order valence-electron chi connectivity index (χ4n) is 2.99. The molecule has 3 heterocycles. The Hall–Kier alpha value is -1.07. The Balaban J connectivity index is 1.97. The van der Waals surface area contributed by atoms with Crippen molar-refractivity contribution in [1.82, 2.24) is 14.7 Å². The molecule has 1 N–H and O–H groups in total. The molecule has 0 aromatic carbocycles. The summed E-state index contributed by atoms with van der Waals surface area (Å²) >= 11 is 3.63. The van der Waals surface area contributed by atoms with E-state index in [1.54, 1.807) is 0 Å². The molecular weight excluding hydrogens is 316 g/mol. The zero-order chi connectivity index (χ0) is 14.1. The molecule has 0 atom stereocenters. The molecule has 0 aliphatic carbocycles. The number of halogens is 1. The van der Waals surface area contributed by atoms with Crippen LogP contribution >= 0.6 is 15.9 Å². The van der Waals surface area contributed by atoms with E-state index in [2.05, 4.69) is 63.0 Å². The molecule has 0 saturated carbocycles. The molecule has 1 saturated heterocycles. The van der Waals surface area contributed by atoms with Crippen LogP contribution in [0.15, 0.2) is 22.9 Å². The van der Waals surface area contributed by atoms with Crippen molar-refractivity contribution in [3.05, 3.63) is 28.8 Å². The number of hydrogen-bond acceptors (Lipinski definition) is 3. The Labute approximate surface area is 128 Å². The minimum Gasteiger partial charge on any atom is -0.376 e. The molecule has 0 bridgehead atoms. The van der Waals surface area contributed by atoms with Gasteiger partial charge in [-0.1, -0.05) is 0 Å². The fourth-order valence-corrected chi connectivity index (χ4v) is 3.59. The predicted molar refractivity (Wildman–Crippen MR) is 86.5 cm³/mol. The van der Waals surface area contributed by atoms with Crippen molar-refractivity contribution in [3.8, 4) is 0 Å². The summed E-state index contributed by atoms with van der Waals surface area (Å²) in [6.45, 7) is 2.27.